The van der Waals surface area contributed by atoms with Crippen LogP contribution in [0.15, 0.2) is 4.99 Å². The van der Waals surface area contributed by atoms with Gasteiger partial charge in [-0.3, -0.25) is 0 Å². The van der Waals surface area contributed by atoms with Crippen molar-refractivity contribution in [3.63, 3.8) is 0 Å². The van der Waals surface area contributed by atoms with Gasteiger partial charge in [0.15, 0.2) is 6.23 Å². The first kappa shape index (κ1) is 14.7. The lowest BCUT2D eigenvalue weighted by Crippen LogP contribution is -2.35. The molecule has 20 heavy (non-hydrogen) atoms. The van der Waals surface area contributed by atoms with E-state index < -0.39 is 0 Å². The molecule has 2 fully saturated rings. The van der Waals surface area contributed by atoms with Crippen molar-refractivity contribution in [2.75, 3.05) is 19.0 Å². The second kappa shape index (κ2) is 7.14. The van der Waals surface area contributed by atoms with Crippen molar-refractivity contribution in [3.05, 3.63) is 0 Å². The zero-order valence-electron chi connectivity index (χ0n) is 12.4. The Morgan fingerprint density at radius 3 is 2.90 bits per heavy atom. The summed E-state index contributed by atoms with van der Waals surface area (Å²) in [6, 6.07) is 0. The highest BCUT2D eigenvalue weighted by atomic mass is 32.2. The van der Waals surface area contributed by atoms with Crippen LogP contribution >= 0.6 is 11.8 Å². The summed E-state index contributed by atoms with van der Waals surface area (Å²) in [5, 5.41) is 7.52. The molecule has 2 heterocycles. The van der Waals surface area contributed by atoms with Crippen LogP contribution in [0.5, 0.6) is 0 Å². The number of aliphatic imine (C=N–C) groups is 1. The Labute approximate surface area is 126 Å². The standard InChI is InChI=1S/C15H27N3OS/c1-11-13-7-16-8-14(13)20-10-17-9-18-15(11)19-12-5-3-2-4-6-12/h9,11-16H,2-8,10H2,1H3,(H,17,18)/t11?,13-,14?,15?/m0/s1. The van der Waals surface area contributed by atoms with Gasteiger partial charge >= 0.3 is 0 Å². The third-order valence-corrected chi connectivity index (χ3v) is 6.18. The molecule has 1 saturated heterocycles. The van der Waals surface area contributed by atoms with E-state index in [4.69, 9.17) is 4.74 Å². The van der Waals surface area contributed by atoms with E-state index in [1.807, 2.05) is 18.1 Å². The zero-order chi connectivity index (χ0) is 13.8. The molecule has 3 rings (SSSR count). The van der Waals surface area contributed by atoms with Crippen LogP contribution in [-0.4, -0.2) is 42.9 Å². The first-order valence-corrected chi connectivity index (χ1v) is 9.12. The Morgan fingerprint density at radius 1 is 1.20 bits per heavy atom. The largest absolute Gasteiger partial charge is 0.367 e. The predicted octanol–water partition coefficient (Wildman–Crippen LogP) is 2.21. The van der Waals surface area contributed by atoms with Crippen molar-refractivity contribution in [1.29, 1.82) is 0 Å². The minimum Gasteiger partial charge on any atom is -0.367 e. The molecule has 114 valence electrons. The molecular formula is C15H27N3OS. The van der Waals surface area contributed by atoms with Crippen molar-refractivity contribution in [1.82, 2.24) is 10.6 Å². The third kappa shape index (κ3) is 3.49. The lowest BCUT2D eigenvalue weighted by atomic mass is 9.91. The molecule has 1 saturated carbocycles. The van der Waals surface area contributed by atoms with Crippen LogP contribution in [0.4, 0.5) is 0 Å². The van der Waals surface area contributed by atoms with Gasteiger partial charge in [0.1, 0.15) is 0 Å². The van der Waals surface area contributed by atoms with E-state index in [1.54, 1.807) is 0 Å². The van der Waals surface area contributed by atoms with Gasteiger partial charge in [0.25, 0.3) is 0 Å². The van der Waals surface area contributed by atoms with E-state index in [-0.39, 0.29) is 6.23 Å². The van der Waals surface area contributed by atoms with Crippen molar-refractivity contribution in [2.24, 2.45) is 16.8 Å². The maximum atomic E-state index is 6.37. The summed E-state index contributed by atoms with van der Waals surface area (Å²) >= 11 is 2.01. The molecule has 0 bridgehead atoms. The number of ether oxygens (including phenoxy) is 1. The monoisotopic (exact) mass is 297 g/mol. The first-order chi connectivity index (χ1) is 9.84. The Bertz CT molecular complexity index is 333. The minimum atomic E-state index is 0.0247. The van der Waals surface area contributed by atoms with E-state index in [1.165, 1.54) is 32.1 Å². The van der Waals surface area contributed by atoms with Gasteiger partial charge in [-0.1, -0.05) is 26.2 Å². The maximum Gasteiger partial charge on any atom is 0.153 e. The molecule has 4 atom stereocenters. The summed E-state index contributed by atoms with van der Waals surface area (Å²) in [5.41, 5.74) is 0. The smallest absolute Gasteiger partial charge is 0.153 e. The topological polar surface area (TPSA) is 45.6 Å². The number of hydrogen-bond acceptors (Lipinski definition) is 5. The maximum absolute atomic E-state index is 6.37. The van der Waals surface area contributed by atoms with Gasteiger partial charge in [-0.25, -0.2) is 4.99 Å². The molecule has 0 aromatic rings. The summed E-state index contributed by atoms with van der Waals surface area (Å²) in [6.07, 6.45) is 8.75. The number of thioether (sulfide) groups is 1. The number of hydrogen-bond donors (Lipinski definition) is 2. The predicted molar refractivity (Wildman–Crippen MR) is 85.1 cm³/mol. The molecule has 0 radical (unpaired) electrons. The second-order valence-electron chi connectivity index (χ2n) is 6.30. The van der Waals surface area contributed by atoms with E-state index in [0.29, 0.717) is 23.2 Å². The first-order valence-electron chi connectivity index (χ1n) is 8.07. The lowest BCUT2D eigenvalue weighted by molar-refractivity contribution is -0.0584. The summed E-state index contributed by atoms with van der Waals surface area (Å²) in [4.78, 5) is 4.68. The molecule has 1 aliphatic carbocycles. The van der Waals surface area contributed by atoms with Crippen LogP contribution in [0.1, 0.15) is 39.0 Å². The van der Waals surface area contributed by atoms with Crippen molar-refractivity contribution in [3.8, 4) is 0 Å². The van der Waals surface area contributed by atoms with Crippen LogP contribution in [-0.2, 0) is 4.74 Å². The molecule has 3 aliphatic rings. The van der Waals surface area contributed by atoms with Gasteiger partial charge in [-0.15, -0.1) is 11.8 Å². The van der Waals surface area contributed by atoms with E-state index in [0.717, 1.165) is 19.0 Å². The second-order valence-corrected chi connectivity index (χ2v) is 7.53. The minimum absolute atomic E-state index is 0.0247. The molecule has 0 aromatic heterocycles. The van der Waals surface area contributed by atoms with Crippen LogP contribution < -0.4 is 10.6 Å². The normalized spacial score (nSPS) is 41.0. The van der Waals surface area contributed by atoms with Gasteiger partial charge in [0.2, 0.25) is 0 Å². The lowest BCUT2D eigenvalue weighted by Gasteiger charge is -2.32. The molecule has 2 aliphatic heterocycles. The fourth-order valence-corrected chi connectivity index (χ4v) is 4.82. The zero-order valence-corrected chi connectivity index (χ0v) is 13.2. The summed E-state index contributed by atoms with van der Waals surface area (Å²) in [6.45, 7) is 4.55. The van der Waals surface area contributed by atoms with E-state index in [2.05, 4.69) is 22.5 Å². The number of fused-ring (bicyclic) bond motifs is 1. The van der Waals surface area contributed by atoms with E-state index >= 15 is 0 Å². The van der Waals surface area contributed by atoms with Crippen molar-refractivity contribution < 1.29 is 4.74 Å². The third-order valence-electron chi connectivity index (χ3n) is 4.91. The molecule has 2 N–H and O–H groups in total. The van der Waals surface area contributed by atoms with E-state index in [9.17, 15) is 0 Å². The summed E-state index contributed by atoms with van der Waals surface area (Å²) in [7, 11) is 0. The van der Waals surface area contributed by atoms with Crippen molar-refractivity contribution in [2.45, 2.75) is 56.6 Å². The average Bonchev–Trinajstić information content (AvgIpc) is 2.95. The SMILES string of the molecule is CC1C(OC2CCCCC2)/N=C\NCSC2CNC[C@H]21. The number of nitrogens with zero attached hydrogens (tertiary/aromatic N) is 1. The van der Waals surface area contributed by atoms with Gasteiger partial charge in [0, 0.05) is 17.7 Å². The summed E-state index contributed by atoms with van der Waals surface area (Å²) in [5.74, 6) is 2.11. The molecule has 4 nitrogen and oxygen atoms in total. The Morgan fingerprint density at radius 2 is 2.05 bits per heavy atom. The molecule has 5 heteroatoms. The van der Waals surface area contributed by atoms with Gasteiger partial charge in [0.05, 0.1) is 18.3 Å². The Balaban J connectivity index is 1.66. The van der Waals surface area contributed by atoms with Gasteiger partial charge in [-0.05, 0) is 25.3 Å². The fraction of sp³-hybridized carbons (Fsp3) is 0.933. The van der Waals surface area contributed by atoms with Crippen LogP contribution in [0.3, 0.4) is 0 Å². The molecular weight excluding hydrogens is 270 g/mol. The van der Waals surface area contributed by atoms with Crippen LogP contribution in [0.2, 0.25) is 0 Å². The van der Waals surface area contributed by atoms with Crippen LogP contribution in [0, 0.1) is 11.8 Å². The van der Waals surface area contributed by atoms with Gasteiger partial charge < -0.3 is 15.4 Å². The highest BCUT2D eigenvalue weighted by Gasteiger charge is 2.37. The molecule has 0 amide bonds. The highest BCUT2D eigenvalue weighted by Crippen LogP contribution is 2.33. The summed E-state index contributed by atoms with van der Waals surface area (Å²) < 4.78 is 6.37. The average molecular weight is 297 g/mol. The van der Waals surface area contributed by atoms with Crippen molar-refractivity contribution >= 4 is 18.1 Å². The van der Waals surface area contributed by atoms with Crippen LogP contribution in [0.25, 0.3) is 0 Å². The molecule has 0 aromatic carbocycles. The molecule has 3 unspecified atom stereocenters. The Hall–Kier alpha value is -0.260. The Kier molecular flexibility index (Phi) is 5.24. The molecule has 0 spiro atoms. The quantitative estimate of drug-likeness (QED) is 0.820. The number of nitrogens with one attached hydrogen (secondary N) is 2. The fourth-order valence-electron chi connectivity index (χ4n) is 3.61. The number of rotatable bonds is 2. The highest BCUT2D eigenvalue weighted by molar-refractivity contribution is 7.99. The van der Waals surface area contributed by atoms with Gasteiger partial charge in [-0.2, -0.15) is 0 Å².